The van der Waals surface area contributed by atoms with E-state index in [1.54, 1.807) is 0 Å². The predicted octanol–water partition coefficient (Wildman–Crippen LogP) is 1.94. The van der Waals surface area contributed by atoms with Gasteiger partial charge in [0, 0.05) is 58.9 Å². The van der Waals surface area contributed by atoms with Crippen LogP contribution in [0.4, 0.5) is 0 Å². The Morgan fingerprint density at radius 1 is 1.13 bits per heavy atom. The van der Waals surface area contributed by atoms with Crippen LogP contribution in [0.2, 0.25) is 0 Å². The van der Waals surface area contributed by atoms with Crippen LogP contribution in [0.5, 0.6) is 0 Å². The van der Waals surface area contributed by atoms with Crippen LogP contribution in [0.25, 0.3) is 0 Å². The van der Waals surface area contributed by atoms with Gasteiger partial charge < -0.3 is 15.1 Å². The Morgan fingerprint density at radius 2 is 1.74 bits per heavy atom. The number of piperazine rings is 1. The molecule has 0 aromatic heterocycles. The lowest BCUT2D eigenvalue weighted by Crippen LogP contribution is -2.54. The number of guanidine groups is 1. The number of nitrogens with one attached hydrogen (secondary N) is 1. The second-order valence-corrected chi connectivity index (χ2v) is 6.92. The zero-order chi connectivity index (χ0) is 15.9. The van der Waals surface area contributed by atoms with Gasteiger partial charge >= 0.3 is 0 Å². The van der Waals surface area contributed by atoms with Crippen LogP contribution in [0.1, 0.15) is 33.6 Å². The van der Waals surface area contributed by atoms with Crippen molar-refractivity contribution in [1.82, 2.24) is 20.0 Å². The summed E-state index contributed by atoms with van der Waals surface area (Å²) in [5, 5.41) is 3.60. The van der Waals surface area contributed by atoms with Crippen LogP contribution in [0.3, 0.4) is 0 Å². The maximum absolute atomic E-state index is 4.48. The molecular formula is C17H36IN5. The molecule has 0 amide bonds. The smallest absolute Gasteiger partial charge is 0.193 e. The fourth-order valence-electron chi connectivity index (χ4n) is 3.44. The van der Waals surface area contributed by atoms with E-state index in [0.717, 1.165) is 31.5 Å². The Balaban J connectivity index is 0.00000264. The molecule has 6 heteroatoms. The Labute approximate surface area is 159 Å². The molecule has 2 aliphatic rings. The van der Waals surface area contributed by atoms with E-state index in [4.69, 9.17) is 0 Å². The number of hydrogen-bond acceptors (Lipinski definition) is 3. The summed E-state index contributed by atoms with van der Waals surface area (Å²) in [6.07, 6.45) is 2.57. The van der Waals surface area contributed by atoms with Crippen LogP contribution in [-0.2, 0) is 0 Å². The maximum atomic E-state index is 4.48. The molecule has 1 unspecified atom stereocenters. The number of aliphatic imine (C=N–C) groups is 1. The van der Waals surface area contributed by atoms with Crippen LogP contribution < -0.4 is 5.32 Å². The van der Waals surface area contributed by atoms with Crippen molar-refractivity contribution in [2.24, 2.45) is 10.9 Å². The van der Waals surface area contributed by atoms with Crippen LogP contribution in [0, 0.1) is 5.92 Å². The highest BCUT2D eigenvalue weighted by Gasteiger charge is 2.22. The molecule has 2 saturated heterocycles. The van der Waals surface area contributed by atoms with Crippen LogP contribution in [-0.4, -0.2) is 86.1 Å². The first-order valence-corrected chi connectivity index (χ1v) is 9.06. The van der Waals surface area contributed by atoms with Crippen molar-refractivity contribution in [3.63, 3.8) is 0 Å². The number of halogens is 1. The average molecular weight is 437 g/mol. The summed E-state index contributed by atoms with van der Waals surface area (Å²) in [4.78, 5) is 12.0. The van der Waals surface area contributed by atoms with Gasteiger partial charge in [-0.1, -0.05) is 13.8 Å². The van der Waals surface area contributed by atoms with Crippen molar-refractivity contribution < 1.29 is 0 Å². The molecule has 136 valence electrons. The lowest BCUT2D eigenvalue weighted by molar-refractivity contribution is 0.106. The Bertz CT molecular complexity index is 347. The third kappa shape index (κ3) is 6.38. The molecule has 1 N–H and O–H groups in total. The monoisotopic (exact) mass is 437 g/mol. The standard InChI is InChI=1S/C17H35N5.HI/c1-5-20-10-12-21(13-11-20)16(3)14-19-17(18-4)22-8-6-15(2)7-9-22;/h15-16H,5-14H2,1-4H3,(H,18,19);1H. The molecule has 2 aliphatic heterocycles. The zero-order valence-corrected chi connectivity index (χ0v) is 17.8. The van der Waals surface area contributed by atoms with Gasteiger partial charge in [-0.25, -0.2) is 0 Å². The number of likely N-dealkylation sites (tertiary alicyclic amines) is 1. The minimum Gasteiger partial charge on any atom is -0.355 e. The average Bonchev–Trinajstić information content (AvgIpc) is 2.56. The van der Waals surface area contributed by atoms with Crippen molar-refractivity contribution >= 4 is 29.9 Å². The number of piperidine rings is 1. The van der Waals surface area contributed by atoms with Gasteiger partial charge in [-0.15, -0.1) is 24.0 Å². The van der Waals surface area contributed by atoms with Gasteiger partial charge in [0.05, 0.1) is 0 Å². The van der Waals surface area contributed by atoms with E-state index >= 15 is 0 Å². The van der Waals surface area contributed by atoms with Gasteiger partial charge in [-0.3, -0.25) is 9.89 Å². The molecule has 0 radical (unpaired) electrons. The van der Waals surface area contributed by atoms with E-state index in [1.165, 1.54) is 45.6 Å². The maximum Gasteiger partial charge on any atom is 0.193 e. The summed E-state index contributed by atoms with van der Waals surface area (Å²) in [6.45, 7) is 16.2. The number of hydrogen-bond donors (Lipinski definition) is 1. The number of likely N-dealkylation sites (N-methyl/N-ethyl adjacent to an activating group) is 1. The molecule has 23 heavy (non-hydrogen) atoms. The summed E-state index contributed by atoms with van der Waals surface area (Å²) >= 11 is 0. The zero-order valence-electron chi connectivity index (χ0n) is 15.4. The van der Waals surface area contributed by atoms with Gasteiger partial charge in [0.15, 0.2) is 5.96 Å². The summed E-state index contributed by atoms with van der Waals surface area (Å²) in [5.41, 5.74) is 0. The molecule has 2 fully saturated rings. The molecule has 2 rings (SSSR count). The highest BCUT2D eigenvalue weighted by molar-refractivity contribution is 14.0. The molecule has 0 aromatic rings. The van der Waals surface area contributed by atoms with Crippen LogP contribution >= 0.6 is 24.0 Å². The van der Waals surface area contributed by atoms with Crippen molar-refractivity contribution in [3.05, 3.63) is 0 Å². The molecule has 0 aliphatic carbocycles. The van der Waals surface area contributed by atoms with E-state index in [-0.39, 0.29) is 24.0 Å². The summed E-state index contributed by atoms with van der Waals surface area (Å²) in [7, 11) is 1.91. The first kappa shape index (κ1) is 21.0. The Morgan fingerprint density at radius 3 is 2.26 bits per heavy atom. The molecular weight excluding hydrogens is 401 g/mol. The van der Waals surface area contributed by atoms with E-state index in [9.17, 15) is 0 Å². The highest BCUT2D eigenvalue weighted by Crippen LogP contribution is 2.16. The highest BCUT2D eigenvalue weighted by atomic mass is 127. The number of rotatable bonds is 4. The van der Waals surface area contributed by atoms with Crippen molar-refractivity contribution in [3.8, 4) is 0 Å². The fourth-order valence-corrected chi connectivity index (χ4v) is 3.44. The van der Waals surface area contributed by atoms with Gasteiger partial charge in [0.25, 0.3) is 0 Å². The molecule has 1 atom stereocenters. The van der Waals surface area contributed by atoms with Gasteiger partial charge in [-0.2, -0.15) is 0 Å². The summed E-state index contributed by atoms with van der Waals surface area (Å²) in [6, 6.07) is 0.569. The number of nitrogens with zero attached hydrogens (tertiary/aromatic N) is 4. The third-order valence-corrected chi connectivity index (χ3v) is 5.33. The minimum absolute atomic E-state index is 0. The van der Waals surface area contributed by atoms with Crippen molar-refractivity contribution in [2.45, 2.75) is 39.7 Å². The Kier molecular flexibility index (Phi) is 9.77. The molecule has 0 saturated carbocycles. The van der Waals surface area contributed by atoms with Crippen molar-refractivity contribution in [1.29, 1.82) is 0 Å². The molecule has 0 aromatic carbocycles. The van der Waals surface area contributed by atoms with E-state index in [0.29, 0.717) is 6.04 Å². The van der Waals surface area contributed by atoms with Gasteiger partial charge in [0.1, 0.15) is 0 Å². The molecule has 0 bridgehead atoms. The quantitative estimate of drug-likeness (QED) is 0.414. The lowest BCUT2D eigenvalue weighted by atomic mass is 10.00. The first-order valence-electron chi connectivity index (χ1n) is 9.06. The van der Waals surface area contributed by atoms with E-state index in [1.807, 2.05) is 7.05 Å². The third-order valence-electron chi connectivity index (χ3n) is 5.33. The topological polar surface area (TPSA) is 34.1 Å². The Hall–Kier alpha value is -0.0800. The van der Waals surface area contributed by atoms with Crippen molar-refractivity contribution in [2.75, 3.05) is 59.4 Å². The largest absolute Gasteiger partial charge is 0.355 e. The second-order valence-electron chi connectivity index (χ2n) is 6.92. The predicted molar refractivity (Wildman–Crippen MR) is 110 cm³/mol. The molecule has 2 heterocycles. The first-order chi connectivity index (χ1) is 10.6. The normalized spacial score (nSPS) is 23.5. The molecule has 0 spiro atoms. The minimum atomic E-state index is 0. The van der Waals surface area contributed by atoms with Gasteiger partial charge in [0.2, 0.25) is 0 Å². The summed E-state index contributed by atoms with van der Waals surface area (Å²) in [5.74, 6) is 1.95. The molecule has 5 nitrogen and oxygen atoms in total. The second kappa shape index (κ2) is 10.7. The summed E-state index contributed by atoms with van der Waals surface area (Å²) < 4.78 is 0. The van der Waals surface area contributed by atoms with Gasteiger partial charge in [-0.05, 0) is 32.2 Å². The van der Waals surface area contributed by atoms with Crippen LogP contribution in [0.15, 0.2) is 4.99 Å². The fraction of sp³-hybridized carbons (Fsp3) is 0.941. The SMILES string of the molecule is CCN1CCN(C(C)CNC(=NC)N2CCC(C)CC2)CC1.I. The van der Waals surface area contributed by atoms with E-state index < -0.39 is 0 Å². The lowest BCUT2D eigenvalue weighted by Gasteiger charge is -2.38. The van der Waals surface area contributed by atoms with E-state index in [2.05, 4.69) is 45.8 Å².